The van der Waals surface area contributed by atoms with Gasteiger partial charge in [-0.2, -0.15) is 0 Å². The van der Waals surface area contributed by atoms with E-state index in [4.69, 9.17) is 4.74 Å². The van der Waals surface area contributed by atoms with E-state index in [9.17, 15) is 9.59 Å². The molecule has 0 saturated heterocycles. The van der Waals surface area contributed by atoms with E-state index in [1.54, 1.807) is 9.80 Å². The van der Waals surface area contributed by atoms with Crippen LogP contribution in [-0.2, 0) is 14.3 Å². The van der Waals surface area contributed by atoms with Crippen LogP contribution in [0.15, 0.2) is 0 Å². The summed E-state index contributed by atoms with van der Waals surface area (Å²) >= 11 is 0. The van der Waals surface area contributed by atoms with Crippen LogP contribution >= 0.6 is 0 Å². The van der Waals surface area contributed by atoms with E-state index in [0.717, 1.165) is 44.9 Å². The quantitative estimate of drug-likeness (QED) is 0.408. The number of ether oxygens (including phenoxy) is 1. The van der Waals surface area contributed by atoms with Gasteiger partial charge in [0.1, 0.15) is 5.92 Å². The zero-order chi connectivity index (χ0) is 19.9. The molecule has 0 aliphatic rings. The first-order valence-corrected chi connectivity index (χ1v) is 10.5. The van der Waals surface area contributed by atoms with Gasteiger partial charge in [-0.25, -0.2) is 0 Å². The van der Waals surface area contributed by atoms with Crippen molar-refractivity contribution in [3.63, 3.8) is 0 Å². The summed E-state index contributed by atoms with van der Waals surface area (Å²) in [6.45, 7) is 10.3. The molecule has 0 radical (unpaired) electrons. The van der Waals surface area contributed by atoms with Crippen molar-refractivity contribution in [2.45, 2.75) is 85.2 Å². The summed E-state index contributed by atoms with van der Waals surface area (Å²) in [6.07, 6.45) is 7.48. The highest BCUT2D eigenvalue weighted by Crippen LogP contribution is 2.20. The minimum absolute atomic E-state index is 0.0306. The molecular weight excluding hydrogens is 328 g/mol. The lowest BCUT2D eigenvalue weighted by Gasteiger charge is -2.29. The molecule has 0 rings (SSSR count). The summed E-state index contributed by atoms with van der Waals surface area (Å²) in [5.41, 5.74) is 0. The van der Waals surface area contributed by atoms with E-state index in [2.05, 4.69) is 20.8 Å². The molecule has 0 aliphatic carbocycles. The lowest BCUT2D eigenvalue weighted by atomic mass is 9.95. The summed E-state index contributed by atoms with van der Waals surface area (Å²) < 4.78 is 5.86. The van der Waals surface area contributed by atoms with Crippen LogP contribution in [0.2, 0.25) is 0 Å². The molecule has 0 aromatic heterocycles. The van der Waals surface area contributed by atoms with Crippen LogP contribution in [-0.4, -0.2) is 61.5 Å². The van der Waals surface area contributed by atoms with Crippen molar-refractivity contribution in [2.75, 3.05) is 33.8 Å². The van der Waals surface area contributed by atoms with E-state index in [0.29, 0.717) is 26.1 Å². The third-order valence-electron chi connectivity index (χ3n) is 4.82. The second kappa shape index (κ2) is 15.0. The van der Waals surface area contributed by atoms with Crippen molar-refractivity contribution >= 4 is 11.8 Å². The number of nitrogens with zero attached hydrogens (tertiary/aromatic N) is 2. The number of carbonyl (C=O) groups is 2. The predicted molar refractivity (Wildman–Crippen MR) is 108 cm³/mol. The maximum atomic E-state index is 13.0. The highest BCUT2D eigenvalue weighted by molar-refractivity contribution is 6.00. The molecule has 0 fully saturated rings. The third kappa shape index (κ3) is 9.56. The Bertz CT molecular complexity index is 361. The molecule has 0 saturated carbocycles. The fraction of sp³-hybridized carbons (Fsp3) is 0.905. The number of carbonyl (C=O) groups excluding carboxylic acids is 2. The SMILES string of the molecule is CCCCC(CC(C(=O)N(C)CCCC)C(=O)N(C)CCCC)OCC. The lowest BCUT2D eigenvalue weighted by Crippen LogP contribution is -2.45. The summed E-state index contributed by atoms with van der Waals surface area (Å²) in [4.78, 5) is 29.5. The van der Waals surface area contributed by atoms with Gasteiger partial charge in [-0.1, -0.05) is 46.5 Å². The van der Waals surface area contributed by atoms with Gasteiger partial charge in [0.05, 0.1) is 6.10 Å². The van der Waals surface area contributed by atoms with Crippen molar-refractivity contribution < 1.29 is 14.3 Å². The molecule has 1 unspecified atom stereocenters. The molecule has 0 N–H and O–H groups in total. The monoisotopic (exact) mass is 370 g/mol. The fourth-order valence-corrected chi connectivity index (χ4v) is 3.05. The number of hydrogen-bond donors (Lipinski definition) is 0. The Morgan fingerprint density at radius 2 is 1.27 bits per heavy atom. The van der Waals surface area contributed by atoms with Gasteiger partial charge in [0, 0.05) is 33.8 Å². The fourth-order valence-electron chi connectivity index (χ4n) is 3.05. The van der Waals surface area contributed by atoms with Crippen LogP contribution < -0.4 is 0 Å². The summed E-state index contributed by atoms with van der Waals surface area (Å²) in [7, 11) is 3.62. The maximum Gasteiger partial charge on any atom is 0.234 e. The number of unbranched alkanes of at least 4 members (excludes halogenated alkanes) is 3. The van der Waals surface area contributed by atoms with Crippen molar-refractivity contribution in [2.24, 2.45) is 5.92 Å². The molecule has 1 atom stereocenters. The van der Waals surface area contributed by atoms with Crippen molar-refractivity contribution in [3.05, 3.63) is 0 Å². The third-order valence-corrected chi connectivity index (χ3v) is 4.82. The Balaban J connectivity index is 5.22. The summed E-state index contributed by atoms with van der Waals surface area (Å²) in [5.74, 6) is -0.756. The molecule has 0 aliphatic heterocycles. The highest BCUT2D eigenvalue weighted by atomic mass is 16.5. The van der Waals surface area contributed by atoms with Crippen LogP contribution in [0.1, 0.15) is 79.1 Å². The topological polar surface area (TPSA) is 49.9 Å². The van der Waals surface area contributed by atoms with Gasteiger partial charge in [-0.15, -0.1) is 0 Å². The van der Waals surface area contributed by atoms with Crippen molar-refractivity contribution in [1.29, 1.82) is 0 Å². The molecule has 0 spiro atoms. The smallest absolute Gasteiger partial charge is 0.234 e. The van der Waals surface area contributed by atoms with E-state index in [1.807, 2.05) is 21.0 Å². The number of amides is 2. The maximum absolute atomic E-state index is 13.0. The standard InChI is InChI=1S/C21H42N2O3/c1-7-11-14-18(26-10-4)17-19(20(24)22(5)15-12-8-2)21(25)23(6)16-13-9-3/h18-19H,7-17H2,1-6H3. The average molecular weight is 371 g/mol. The highest BCUT2D eigenvalue weighted by Gasteiger charge is 2.33. The second-order valence-corrected chi connectivity index (χ2v) is 7.23. The van der Waals surface area contributed by atoms with Crippen LogP contribution in [0.4, 0.5) is 0 Å². The van der Waals surface area contributed by atoms with Gasteiger partial charge in [-0.05, 0) is 32.6 Å². The normalized spacial score (nSPS) is 12.3. The Morgan fingerprint density at radius 3 is 1.65 bits per heavy atom. The molecule has 0 aromatic carbocycles. The zero-order valence-electron chi connectivity index (χ0n) is 18.1. The first-order valence-electron chi connectivity index (χ1n) is 10.5. The van der Waals surface area contributed by atoms with Gasteiger partial charge in [0.2, 0.25) is 11.8 Å². The van der Waals surface area contributed by atoms with Gasteiger partial charge in [0.25, 0.3) is 0 Å². The molecule has 0 heterocycles. The van der Waals surface area contributed by atoms with Crippen LogP contribution in [0.3, 0.4) is 0 Å². The first kappa shape index (κ1) is 24.9. The number of rotatable bonds is 15. The predicted octanol–water partition coefficient (Wildman–Crippen LogP) is 4.11. The Kier molecular flexibility index (Phi) is 14.4. The molecule has 2 amide bonds. The molecule has 154 valence electrons. The molecule has 0 bridgehead atoms. The van der Waals surface area contributed by atoms with Crippen molar-refractivity contribution in [1.82, 2.24) is 9.80 Å². The Labute approximate surface area is 161 Å². The summed E-state index contributed by atoms with van der Waals surface area (Å²) in [5, 5.41) is 0. The lowest BCUT2D eigenvalue weighted by molar-refractivity contribution is -0.148. The molecule has 5 heteroatoms. The van der Waals surface area contributed by atoms with Gasteiger partial charge in [0.15, 0.2) is 0 Å². The second-order valence-electron chi connectivity index (χ2n) is 7.23. The molecule has 26 heavy (non-hydrogen) atoms. The van der Waals surface area contributed by atoms with Crippen LogP contribution in [0, 0.1) is 5.92 Å². The summed E-state index contributed by atoms with van der Waals surface area (Å²) in [6, 6.07) is 0. The Hall–Kier alpha value is -1.10. The molecule has 5 nitrogen and oxygen atoms in total. The minimum Gasteiger partial charge on any atom is -0.378 e. The van der Waals surface area contributed by atoms with Gasteiger partial charge in [-0.3, -0.25) is 9.59 Å². The Morgan fingerprint density at radius 1 is 0.808 bits per heavy atom. The van der Waals surface area contributed by atoms with Crippen LogP contribution in [0.5, 0.6) is 0 Å². The minimum atomic E-state index is -0.632. The average Bonchev–Trinajstić information content (AvgIpc) is 2.64. The first-order chi connectivity index (χ1) is 12.4. The van der Waals surface area contributed by atoms with Crippen molar-refractivity contribution in [3.8, 4) is 0 Å². The largest absolute Gasteiger partial charge is 0.378 e. The van der Waals surface area contributed by atoms with E-state index < -0.39 is 5.92 Å². The van der Waals surface area contributed by atoms with E-state index in [1.165, 1.54) is 0 Å². The van der Waals surface area contributed by atoms with Gasteiger partial charge < -0.3 is 14.5 Å². The van der Waals surface area contributed by atoms with E-state index >= 15 is 0 Å². The zero-order valence-corrected chi connectivity index (χ0v) is 18.1. The van der Waals surface area contributed by atoms with E-state index in [-0.39, 0.29) is 17.9 Å². The van der Waals surface area contributed by atoms with Gasteiger partial charge >= 0.3 is 0 Å². The molecule has 0 aromatic rings. The molecular formula is C21H42N2O3. The number of hydrogen-bond acceptors (Lipinski definition) is 3. The van der Waals surface area contributed by atoms with Crippen LogP contribution in [0.25, 0.3) is 0 Å².